The summed E-state index contributed by atoms with van der Waals surface area (Å²) in [4.78, 5) is 9.16. The molecule has 0 atom stereocenters. The summed E-state index contributed by atoms with van der Waals surface area (Å²) in [5.74, 6) is 1.06. The lowest BCUT2D eigenvalue weighted by molar-refractivity contribution is 0.544. The van der Waals surface area contributed by atoms with Crippen LogP contribution in [0.15, 0.2) is 65.7 Å². The highest BCUT2D eigenvalue weighted by Gasteiger charge is 2.21. The molecule has 0 saturated heterocycles. The molecule has 1 aliphatic heterocycles. The summed E-state index contributed by atoms with van der Waals surface area (Å²) in [5, 5.41) is 0. The van der Waals surface area contributed by atoms with Crippen LogP contribution in [-0.2, 0) is 6.54 Å². The maximum absolute atomic E-state index is 4.66. The number of likely N-dealkylation sites (N-methyl/N-ethyl adjacent to an activating group) is 1. The fourth-order valence-corrected chi connectivity index (χ4v) is 2.46. The van der Waals surface area contributed by atoms with E-state index in [0.717, 1.165) is 25.6 Å². The SMILES string of the molecule is CN1CCN=C1N(Cc1ccccc1)c1ccccc1. The van der Waals surface area contributed by atoms with Crippen molar-refractivity contribution in [2.24, 2.45) is 4.99 Å². The van der Waals surface area contributed by atoms with Gasteiger partial charge in [0.2, 0.25) is 5.96 Å². The van der Waals surface area contributed by atoms with Gasteiger partial charge < -0.3 is 9.80 Å². The summed E-state index contributed by atoms with van der Waals surface area (Å²) in [5.41, 5.74) is 2.48. The van der Waals surface area contributed by atoms with Crippen molar-refractivity contribution in [3.63, 3.8) is 0 Å². The van der Waals surface area contributed by atoms with E-state index in [-0.39, 0.29) is 0 Å². The molecule has 0 aliphatic carbocycles. The molecule has 0 aromatic heterocycles. The number of guanidine groups is 1. The summed E-state index contributed by atoms with van der Waals surface area (Å²) in [6, 6.07) is 21.0. The topological polar surface area (TPSA) is 18.8 Å². The molecule has 20 heavy (non-hydrogen) atoms. The van der Waals surface area contributed by atoms with Gasteiger partial charge in [0.05, 0.1) is 13.1 Å². The Labute approximate surface area is 120 Å². The minimum absolute atomic E-state index is 0.841. The summed E-state index contributed by atoms with van der Waals surface area (Å²) in [6.45, 7) is 2.71. The van der Waals surface area contributed by atoms with E-state index in [0.29, 0.717) is 0 Å². The van der Waals surface area contributed by atoms with Gasteiger partial charge in [-0.2, -0.15) is 0 Å². The van der Waals surface area contributed by atoms with E-state index in [1.165, 1.54) is 11.3 Å². The molecule has 2 aromatic carbocycles. The average Bonchev–Trinajstić information content (AvgIpc) is 2.93. The Balaban J connectivity index is 1.92. The Kier molecular flexibility index (Phi) is 3.68. The van der Waals surface area contributed by atoms with E-state index in [2.05, 4.69) is 76.4 Å². The first kappa shape index (κ1) is 12.7. The smallest absolute Gasteiger partial charge is 0.201 e. The van der Waals surface area contributed by atoms with E-state index in [1.807, 2.05) is 6.07 Å². The first-order valence-electron chi connectivity index (χ1n) is 6.97. The number of benzene rings is 2. The highest BCUT2D eigenvalue weighted by molar-refractivity contribution is 5.96. The lowest BCUT2D eigenvalue weighted by Crippen LogP contribution is -2.39. The van der Waals surface area contributed by atoms with Crippen LogP contribution in [0.2, 0.25) is 0 Å². The quantitative estimate of drug-likeness (QED) is 0.849. The van der Waals surface area contributed by atoms with Gasteiger partial charge in [0.25, 0.3) is 0 Å². The number of rotatable bonds is 3. The van der Waals surface area contributed by atoms with Crippen molar-refractivity contribution in [2.45, 2.75) is 6.54 Å². The summed E-state index contributed by atoms with van der Waals surface area (Å²) in [6.07, 6.45) is 0. The molecule has 0 bridgehead atoms. The van der Waals surface area contributed by atoms with Crippen LogP contribution in [0.25, 0.3) is 0 Å². The summed E-state index contributed by atoms with van der Waals surface area (Å²) in [7, 11) is 2.10. The Bertz CT molecular complexity index is 578. The van der Waals surface area contributed by atoms with Crippen molar-refractivity contribution in [2.75, 3.05) is 25.0 Å². The molecule has 3 rings (SSSR count). The second-order valence-electron chi connectivity index (χ2n) is 5.01. The van der Waals surface area contributed by atoms with Gasteiger partial charge in [-0.15, -0.1) is 0 Å². The monoisotopic (exact) mass is 265 g/mol. The molecular weight excluding hydrogens is 246 g/mol. The van der Waals surface area contributed by atoms with E-state index in [4.69, 9.17) is 0 Å². The molecule has 0 fully saturated rings. The lowest BCUT2D eigenvalue weighted by Gasteiger charge is -2.29. The predicted molar refractivity (Wildman–Crippen MR) is 84.0 cm³/mol. The van der Waals surface area contributed by atoms with Crippen molar-refractivity contribution in [3.8, 4) is 0 Å². The third-order valence-electron chi connectivity index (χ3n) is 3.52. The van der Waals surface area contributed by atoms with Crippen LogP contribution in [0, 0.1) is 0 Å². The van der Waals surface area contributed by atoms with Crippen molar-refractivity contribution in [1.29, 1.82) is 0 Å². The molecule has 0 unspecified atom stereocenters. The van der Waals surface area contributed by atoms with Crippen LogP contribution in [0.3, 0.4) is 0 Å². The minimum Gasteiger partial charge on any atom is -0.344 e. The fraction of sp³-hybridized carbons (Fsp3) is 0.235. The highest BCUT2D eigenvalue weighted by atomic mass is 15.4. The lowest BCUT2D eigenvalue weighted by atomic mass is 10.2. The molecule has 0 radical (unpaired) electrons. The maximum Gasteiger partial charge on any atom is 0.201 e. The van der Waals surface area contributed by atoms with Gasteiger partial charge in [0.15, 0.2) is 0 Å². The summed E-state index contributed by atoms with van der Waals surface area (Å²) < 4.78 is 0. The van der Waals surface area contributed by atoms with Gasteiger partial charge in [0, 0.05) is 19.3 Å². The minimum atomic E-state index is 0.841. The molecule has 1 aliphatic rings. The van der Waals surface area contributed by atoms with E-state index >= 15 is 0 Å². The van der Waals surface area contributed by atoms with Gasteiger partial charge in [0.1, 0.15) is 0 Å². The molecule has 0 saturated carbocycles. The van der Waals surface area contributed by atoms with Crippen LogP contribution < -0.4 is 4.90 Å². The number of hydrogen-bond donors (Lipinski definition) is 0. The third kappa shape index (κ3) is 2.67. The fourth-order valence-electron chi connectivity index (χ4n) is 2.46. The number of para-hydroxylation sites is 1. The van der Waals surface area contributed by atoms with Gasteiger partial charge in [-0.1, -0.05) is 48.5 Å². The van der Waals surface area contributed by atoms with Crippen molar-refractivity contribution in [3.05, 3.63) is 66.2 Å². The van der Waals surface area contributed by atoms with Crippen molar-refractivity contribution in [1.82, 2.24) is 4.90 Å². The molecule has 0 N–H and O–H groups in total. The van der Waals surface area contributed by atoms with Crippen LogP contribution in [0.5, 0.6) is 0 Å². The molecule has 0 amide bonds. The van der Waals surface area contributed by atoms with Crippen LogP contribution in [-0.4, -0.2) is 31.0 Å². The molecule has 2 aromatic rings. The number of nitrogens with zero attached hydrogens (tertiary/aromatic N) is 3. The van der Waals surface area contributed by atoms with Gasteiger partial charge in [-0.25, -0.2) is 0 Å². The second kappa shape index (κ2) is 5.78. The Hall–Kier alpha value is -2.29. The molecule has 3 nitrogen and oxygen atoms in total. The number of anilines is 1. The van der Waals surface area contributed by atoms with Crippen molar-refractivity contribution < 1.29 is 0 Å². The number of aliphatic imine (C=N–C) groups is 1. The standard InChI is InChI=1S/C17H19N3/c1-19-13-12-18-17(19)20(16-10-6-3-7-11-16)14-15-8-4-2-5-9-15/h2-11H,12-14H2,1H3. The van der Waals surface area contributed by atoms with Gasteiger partial charge in [-0.3, -0.25) is 4.99 Å². The normalized spacial score (nSPS) is 14.2. The first-order chi connectivity index (χ1) is 9.84. The second-order valence-corrected chi connectivity index (χ2v) is 5.01. The molecule has 0 spiro atoms. The maximum atomic E-state index is 4.66. The Morgan fingerprint density at radius 1 is 1.00 bits per heavy atom. The number of hydrogen-bond acceptors (Lipinski definition) is 3. The van der Waals surface area contributed by atoms with Crippen LogP contribution >= 0.6 is 0 Å². The van der Waals surface area contributed by atoms with Crippen molar-refractivity contribution >= 4 is 11.6 Å². The predicted octanol–water partition coefficient (Wildman–Crippen LogP) is 2.99. The first-order valence-corrected chi connectivity index (χ1v) is 6.97. The molecule has 3 heteroatoms. The third-order valence-corrected chi connectivity index (χ3v) is 3.52. The Morgan fingerprint density at radius 3 is 2.25 bits per heavy atom. The zero-order valence-electron chi connectivity index (χ0n) is 11.7. The molecular formula is C17H19N3. The average molecular weight is 265 g/mol. The van der Waals surface area contributed by atoms with Crippen LogP contribution in [0.1, 0.15) is 5.56 Å². The Morgan fingerprint density at radius 2 is 1.65 bits per heavy atom. The van der Waals surface area contributed by atoms with E-state index in [1.54, 1.807) is 0 Å². The van der Waals surface area contributed by atoms with Gasteiger partial charge in [-0.05, 0) is 17.7 Å². The zero-order valence-corrected chi connectivity index (χ0v) is 11.7. The zero-order chi connectivity index (χ0) is 13.8. The van der Waals surface area contributed by atoms with Gasteiger partial charge >= 0.3 is 0 Å². The van der Waals surface area contributed by atoms with E-state index < -0.39 is 0 Å². The molecule has 102 valence electrons. The highest BCUT2D eigenvalue weighted by Crippen LogP contribution is 2.20. The van der Waals surface area contributed by atoms with E-state index in [9.17, 15) is 0 Å². The van der Waals surface area contributed by atoms with Crippen LogP contribution in [0.4, 0.5) is 5.69 Å². The molecule has 1 heterocycles. The summed E-state index contributed by atoms with van der Waals surface area (Å²) >= 11 is 0. The largest absolute Gasteiger partial charge is 0.344 e.